The Morgan fingerprint density at radius 2 is 2.33 bits per heavy atom. The third-order valence-corrected chi connectivity index (χ3v) is 2.07. The van der Waals surface area contributed by atoms with Gasteiger partial charge in [0.1, 0.15) is 5.52 Å². The lowest BCUT2D eigenvalue weighted by molar-refractivity contribution is 1.28. The minimum Gasteiger partial charge on any atom is -0.330 e. The molecule has 12 heavy (non-hydrogen) atoms. The summed E-state index contributed by atoms with van der Waals surface area (Å²) in [5, 5.41) is 0. The lowest BCUT2D eigenvalue weighted by Gasteiger charge is -1.87. The van der Waals surface area contributed by atoms with Crippen molar-refractivity contribution in [3.8, 4) is 12.3 Å². The first kappa shape index (κ1) is 7.32. The zero-order valence-corrected chi connectivity index (χ0v) is 7.59. The highest BCUT2D eigenvalue weighted by Crippen LogP contribution is 2.19. The SMILES string of the molecule is C#Cc1nc2c(Br)cncc2[nH]1. The lowest BCUT2D eigenvalue weighted by Crippen LogP contribution is -1.74. The fraction of sp³-hybridized carbons (Fsp3) is 0. The molecule has 0 spiro atoms. The van der Waals surface area contributed by atoms with Crippen molar-refractivity contribution in [2.45, 2.75) is 0 Å². The number of terminal acetylenes is 1. The molecule has 0 fully saturated rings. The highest BCUT2D eigenvalue weighted by atomic mass is 79.9. The first-order chi connectivity index (χ1) is 5.81. The summed E-state index contributed by atoms with van der Waals surface area (Å²) < 4.78 is 0.845. The zero-order valence-electron chi connectivity index (χ0n) is 6.00. The van der Waals surface area contributed by atoms with Crippen LogP contribution in [-0.4, -0.2) is 15.0 Å². The molecule has 2 rings (SSSR count). The second-order valence-electron chi connectivity index (χ2n) is 2.25. The second-order valence-corrected chi connectivity index (χ2v) is 3.10. The molecule has 4 heteroatoms. The van der Waals surface area contributed by atoms with Gasteiger partial charge < -0.3 is 4.98 Å². The van der Waals surface area contributed by atoms with E-state index in [0.29, 0.717) is 5.82 Å². The number of halogens is 1. The van der Waals surface area contributed by atoms with Crippen molar-refractivity contribution >= 4 is 27.0 Å². The number of rotatable bonds is 0. The molecule has 0 bridgehead atoms. The Bertz CT molecular complexity index is 467. The van der Waals surface area contributed by atoms with Crippen LogP contribution in [0.25, 0.3) is 11.0 Å². The summed E-state index contributed by atoms with van der Waals surface area (Å²) in [4.78, 5) is 11.1. The van der Waals surface area contributed by atoms with Crippen molar-refractivity contribution in [2.24, 2.45) is 0 Å². The normalized spacial score (nSPS) is 10.0. The number of nitrogens with zero attached hydrogens (tertiary/aromatic N) is 2. The minimum absolute atomic E-state index is 0.527. The Labute approximate surface area is 77.4 Å². The molecular weight excluding hydrogens is 218 g/mol. The van der Waals surface area contributed by atoms with E-state index in [2.05, 4.69) is 36.8 Å². The van der Waals surface area contributed by atoms with Crippen LogP contribution in [0.4, 0.5) is 0 Å². The maximum atomic E-state index is 5.18. The average Bonchev–Trinajstić information content (AvgIpc) is 2.49. The summed E-state index contributed by atoms with van der Waals surface area (Å²) >= 11 is 3.33. The van der Waals surface area contributed by atoms with E-state index in [-0.39, 0.29) is 0 Å². The number of aromatic nitrogens is 3. The van der Waals surface area contributed by atoms with E-state index in [9.17, 15) is 0 Å². The fourth-order valence-electron chi connectivity index (χ4n) is 0.969. The predicted octanol–water partition coefficient (Wildman–Crippen LogP) is 1.70. The first-order valence-electron chi connectivity index (χ1n) is 3.27. The molecule has 2 aromatic rings. The molecular formula is C8H4BrN3. The molecule has 1 N–H and O–H groups in total. The highest BCUT2D eigenvalue weighted by molar-refractivity contribution is 9.10. The number of hydrogen-bond acceptors (Lipinski definition) is 2. The molecule has 0 unspecified atom stereocenters. The number of H-pyrrole nitrogens is 1. The van der Waals surface area contributed by atoms with E-state index in [1.165, 1.54) is 0 Å². The minimum atomic E-state index is 0.527. The smallest absolute Gasteiger partial charge is 0.183 e. The van der Waals surface area contributed by atoms with Crippen LogP contribution in [-0.2, 0) is 0 Å². The van der Waals surface area contributed by atoms with Crippen molar-refractivity contribution in [2.75, 3.05) is 0 Å². The molecule has 0 saturated carbocycles. The second kappa shape index (κ2) is 2.61. The number of nitrogens with one attached hydrogen (secondary N) is 1. The predicted molar refractivity (Wildman–Crippen MR) is 49.5 cm³/mol. The van der Waals surface area contributed by atoms with Crippen LogP contribution in [0.1, 0.15) is 5.82 Å². The van der Waals surface area contributed by atoms with Gasteiger partial charge in [-0.15, -0.1) is 6.42 Å². The van der Waals surface area contributed by atoms with Crippen LogP contribution < -0.4 is 0 Å². The van der Waals surface area contributed by atoms with Crippen molar-refractivity contribution in [3.05, 3.63) is 22.7 Å². The van der Waals surface area contributed by atoms with Crippen LogP contribution in [0, 0.1) is 12.3 Å². The van der Waals surface area contributed by atoms with Crippen LogP contribution in [0.3, 0.4) is 0 Å². The van der Waals surface area contributed by atoms with Gasteiger partial charge in [-0.05, 0) is 21.9 Å². The molecule has 2 aromatic heterocycles. The van der Waals surface area contributed by atoms with E-state index in [1.807, 2.05) is 0 Å². The Morgan fingerprint density at radius 3 is 3.00 bits per heavy atom. The van der Waals surface area contributed by atoms with Crippen molar-refractivity contribution in [1.29, 1.82) is 0 Å². The van der Waals surface area contributed by atoms with Crippen molar-refractivity contribution < 1.29 is 0 Å². The highest BCUT2D eigenvalue weighted by Gasteiger charge is 2.03. The Morgan fingerprint density at radius 1 is 1.50 bits per heavy atom. The largest absolute Gasteiger partial charge is 0.330 e. The molecule has 0 aliphatic rings. The quantitative estimate of drug-likeness (QED) is 0.689. The van der Waals surface area contributed by atoms with Gasteiger partial charge in [0.15, 0.2) is 5.82 Å². The van der Waals surface area contributed by atoms with Crippen LogP contribution in [0.2, 0.25) is 0 Å². The number of imidazole rings is 1. The van der Waals surface area contributed by atoms with E-state index in [0.717, 1.165) is 15.5 Å². The zero-order chi connectivity index (χ0) is 8.55. The first-order valence-corrected chi connectivity index (χ1v) is 4.06. The molecule has 0 amide bonds. The van der Waals surface area contributed by atoms with Gasteiger partial charge in [-0.25, -0.2) is 4.98 Å². The van der Waals surface area contributed by atoms with Crippen LogP contribution >= 0.6 is 15.9 Å². The van der Waals surface area contributed by atoms with E-state index in [4.69, 9.17) is 6.42 Å². The van der Waals surface area contributed by atoms with Gasteiger partial charge in [0.25, 0.3) is 0 Å². The van der Waals surface area contributed by atoms with E-state index < -0.39 is 0 Å². The van der Waals surface area contributed by atoms with E-state index >= 15 is 0 Å². The van der Waals surface area contributed by atoms with Crippen LogP contribution in [0.5, 0.6) is 0 Å². The van der Waals surface area contributed by atoms with Crippen molar-refractivity contribution in [1.82, 2.24) is 15.0 Å². The van der Waals surface area contributed by atoms with Gasteiger partial charge >= 0.3 is 0 Å². The van der Waals surface area contributed by atoms with Gasteiger partial charge in [0.05, 0.1) is 16.2 Å². The summed E-state index contributed by atoms with van der Waals surface area (Å²) in [5.74, 6) is 2.95. The molecule has 3 nitrogen and oxygen atoms in total. The Hall–Kier alpha value is -1.34. The molecule has 2 heterocycles. The summed E-state index contributed by atoms with van der Waals surface area (Å²) in [6.45, 7) is 0. The number of aromatic amines is 1. The standard InChI is InChI=1S/C8H4BrN3/c1-2-7-11-6-4-10-3-5(9)8(6)12-7/h1,3-4H,(H,11,12). The van der Waals surface area contributed by atoms with Gasteiger partial charge in [-0.2, -0.15) is 0 Å². The fourth-order valence-corrected chi connectivity index (χ4v) is 1.39. The van der Waals surface area contributed by atoms with Gasteiger partial charge in [0, 0.05) is 6.20 Å². The molecule has 0 aliphatic heterocycles. The number of pyridine rings is 1. The van der Waals surface area contributed by atoms with E-state index in [1.54, 1.807) is 12.4 Å². The third-order valence-electron chi connectivity index (χ3n) is 1.49. The summed E-state index contributed by atoms with van der Waals surface area (Å²) in [5.41, 5.74) is 1.66. The Balaban J connectivity index is 2.85. The molecule has 58 valence electrons. The summed E-state index contributed by atoms with van der Waals surface area (Å²) in [6.07, 6.45) is 8.56. The van der Waals surface area contributed by atoms with Crippen LogP contribution in [0.15, 0.2) is 16.9 Å². The van der Waals surface area contributed by atoms with Gasteiger partial charge in [-0.1, -0.05) is 0 Å². The van der Waals surface area contributed by atoms with Crippen molar-refractivity contribution in [3.63, 3.8) is 0 Å². The number of fused-ring (bicyclic) bond motifs is 1. The Kier molecular flexibility index (Phi) is 1.59. The van der Waals surface area contributed by atoms with Gasteiger partial charge in [-0.3, -0.25) is 4.98 Å². The summed E-state index contributed by atoms with van der Waals surface area (Å²) in [7, 11) is 0. The lowest BCUT2D eigenvalue weighted by atomic mass is 10.4. The maximum absolute atomic E-state index is 5.18. The number of hydrogen-bond donors (Lipinski definition) is 1. The monoisotopic (exact) mass is 221 g/mol. The van der Waals surface area contributed by atoms with Gasteiger partial charge in [0.2, 0.25) is 0 Å². The molecule has 0 aromatic carbocycles. The maximum Gasteiger partial charge on any atom is 0.183 e. The molecule has 0 aliphatic carbocycles. The summed E-state index contributed by atoms with van der Waals surface area (Å²) in [6, 6.07) is 0. The topological polar surface area (TPSA) is 41.6 Å². The molecule has 0 radical (unpaired) electrons. The molecule has 0 atom stereocenters. The average molecular weight is 222 g/mol. The third kappa shape index (κ3) is 0.990. The molecule has 0 saturated heterocycles.